The van der Waals surface area contributed by atoms with Crippen LogP contribution in [0.25, 0.3) is 0 Å². The van der Waals surface area contributed by atoms with E-state index in [4.69, 9.17) is 29.6 Å². The van der Waals surface area contributed by atoms with Crippen LogP contribution < -0.4 is 11.1 Å². The summed E-state index contributed by atoms with van der Waals surface area (Å²) in [6.07, 6.45) is 0. The van der Waals surface area contributed by atoms with Gasteiger partial charge < -0.3 is 11.1 Å². The fourth-order valence-electron chi connectivity index (χ4n) is 1.64. The molecule has 0 atom stereocenters. The van der Waals surface area contributed by atoms with Crippen LogP contribution in [0.2, 0.25) is 5.02 Å². The number of nitrogens with one attached hydrogen (secondary N) is 1. The third-order valence-corrected chi connectivity index (χ3v) is 3.88. The largest absolute Gasteiger partial charge is 0.389 e. The average molecular weight is 388 g/mol. The number of rotatable bonds is 3. The van der Waals surface area contributed by atoms with Crippen LogP contribution in [0.15, 0.2) is 40.9 Å². The van der Waals surface area contributed by atoms with Crippen LogP contribution in [-0.2, 0) is 0 Å². The normalized spacial score (nSPS) is 10.2. The lowest BCUT2D eigenvalue weighted by Crippen LogP contribution is -2.15. The average Bonchev–Trinajstić information content (AvgIpc) is 2.43. The molecule has 1 amide bonds. The molecule has 0 bridgehead atoms. The molecule has 3 N–H and O–H groups in total. The molecule has 0 aromatic heterocycles. The minimum Gasteiger partial charge on any atom is -0.389 e. The molecule has 0 aliphatic rings. The zero-order valence-electron chi connectivity index (χ0n) is 10.5. The monoisotopic (exact) mass is 386 g/mol. The summed E-state index contributed by atoms with van der Waals surface area (Å²) in [6, 6.07) is 9.20. The van der Waals surface area contributed by atoms with E-state index in [9.17, 15) is 9.18 Å². The van der Waals surface area contributed by atoms with Crippen molar-refractivity contribution in [2.75, 3.05) is 5.32 Å². The Balaban J connectivity index is 2.28. The minimum atomic E-state index is -0.757. The number of amides is 1. The Kier molecular flexibility index (Phi) is 4.92. The molecule has 0 spiro atoms. The first-order valence-electron chi connectivity index (χ1n) is 5.75. The van der Waals surface area contributed by atoms with Gasteiger partial charge in [0.1, 0.15) is 4.99 Å². The van der Waals surface area contributed by atoms with Gasteiger partial charge in [0.25, 0.3) is 5.91 Å². The molecule has 0 saturated heterocycles. The van der Waals surface area contributed by atoms with E-state index in [-0.39, 0.29) is 15.6 Å². The van der Waals surface area contributed by atoms with Crippen molar-refractivity contribution < 1.29 is 9.18 Å². The lowest BCUT2D eigenvalue weighted by atomic mass is 10.1. The SMILES string of the molecule is NC(=S)c1ccc(NC(=O)c2cccc(Cl)c2F)c(Br)c1. The Hall–Kier alpha value is -1.50. The number of nitrogens with two attached hydrogens (primary N) is 1. The smallest absolute Gasteiger partial charge is 0.258 e. The summed E-state index contributed by atoms with van der Waals surface area (Å²) in [5, 5.41) is 2.49. The van der Waals surface area contributed by atoms with E-state index in [0.29, 0.717) is 15.7 Å². The number of hydrogen-bond donors (Lipinski definition) is 2. The van der Waals surface area contributed by atoms with Crippen molar-refractivity contribution >= 4 is 56.3 Å². The summed E-state index contributed by atoms with van der Waals surface area (Å²) in [4.78, 5) is 12.3. The highest BCUT2D eigenvalue weighted by Gasteiger charge is 2.15. The maximum absolute atomic E-state index is 13.8. The van der Waals surface area contributed by atoms with Crippen molar-refractivity contribution in [2.45, 2.75) is 0 Å². The number of carbonyl (C=O) groups excluding carboxylic acids is 1. The Morgan fingerprint density at radius 2 is 2.05 bits per heavy atom. The number of anilines is 1. The molecule has 2 rings (SSSR count). The second-order valence-corrected chi connectivity index (χ2v) is 5.82. The maximum atomic E-state index is 13.8. The second kappa shape index (κ2) is 6.51. The predicted molar refractivity (Wildman–Crippen MR) is 89.4 cm³/mol. The molecule has 0 fully saturated rings. The van der Waals surface area contributed by atoms with Crippen molar-refractivity contribution in [3.05, 3.63) is 62.8 Å². The van der Waals surface area contributed by atoms with Gasteiger partial charge in [-0.05, 0) is 46.3 Å². The van der Waals surface area contributed by atoms with Crippen molar-refractivity contribution in [2.24, 2.45) is 5.73 Å². The summed E-state index contributed by atoms with van der Waals surface area (Å²) >= 11 is 13.8. The van der Waals surface area contributed by atoms with E-state index in [1.807, 2.05) is 0 Å². The summed E-state index contributed by atoms with van der Waals surface area (Å²) in [7, 11) is 0. The van der Waals surface area contributed by atoms with Gasteiger partial charge in [0, 0.05) is 10.0 Å². The molecule has 2 aromatic carbocycles. The second-order valence-electron chi connectivity index (χ2n) is 4.11. The Morgan fingerprint density at radius 3 is 2.67 bits per heavy atom. The van der Waals surface area contributed by atoms with Crippen LogP contribution in [0.3, 0.4) is 0 Å². The van der Waals surface area contributed by atoms with Crippen LogP contribution in [0.5, 0.6) is 0 Å². The van der Waals surface area contributed by atoms with Crippen molar-refractivity contribution in [1.82, 2.24) is 0 Å². The van der Waals surface area contributed by atoms with E-state index in [1.54, 1.807) is 18.2 Å². The lowest BCUT2D eigenvalue weighted by molar-refractivity contribution is 0.102. The minimum absolute atomic E-state index is 0.106. The zero-order chi connectivity index (χ0) is 15.6. The van der Waals surface area contributed by atoms with Gasteiger partial charge in [-0.3, -0.25) is 4.79 Å². The molecule has 0 heterocycles. The topological polar surface area (TPSA) is 55.1 Å². The van der Waals surface area contributed by atoms with Crippen LogP contribution >= 0.6 is 39.7 Å². The van der Waals surface area contributed by atoms with Crippen molar-refractivity contribution in [3.63, 3.8) is 0 Å². The molecule has 0 radical (unpaired) electrons. The summed E-state index contributed by atoms with van der Waals surface area (Å²) in [6.45, 7) is 0. The van der Waals surface area contributed by atoms with Gasteiger partial charge in [-0.25, -0.2) is 4.39 Å². The lowest BCUT2D eigenvalue weighted by Gasteiger charge is -2.10. The molecule has 0 aliphatic carbocycles. The molecule has 0 saturated carbocycles. The van der Waals surface area contributed by atoms with Crippen molar-refractivity contribution in [3.8, 4) is 0 Å². The molecule has 21 heavy (non-hydrogen) atoms. The summed E-state index contributed by atoms with van der Waals surface area (Å²) in [5.74, 6) is -1.36. The molecule has 3 nitrogen and oxygen atoms in total. The summed E-state index contributed by atoms with van der Waals surface area (Å²) < 4.78 is 14.4. The van der Waals surface area contributed by atoms with E-state index in [1.165, 1.54) is 18.2 Å². The molecule has 0 unspecified atom stereocenters. The van der Waals surface area contributed by atoms with Gasteiger partial charge in [-0.15, -0.1) is 0 Å². The van der Waals surface area contributed by atoms with E-state index < -0.39 is 11.7 Å². The van der Waals surface area contributed by atoms with Gasteiger partial charge in [-0.2, -0.15) is 0 Å². The highest BCUT2D eigenvalue weighted by molar-refractivity contribution is 9.10. The maximum Gasteiger partial charge on any atom is 0.258 e. The Morgan fingerprint density at radius 1 is 1.33 bits per heavy atom. The van der Waals surface area contributed by atoms with Gasteiger partial charge in [0.05, 0.1) is 16.3 Å². The number of hydrogen-bond acceptors (Lipinski definition) is 2. The van der Waals surface area contributed by atoms with Crippen LogP contribution in [0, 0.1) is 5.82 Å². The molecule has 108 valence electrons. The molecular formula is C14H9BrClFN2OS. The van der Waals surface area contributed by atoms with Gasteiger partial charge >= 0.3 is 0 Å². The third kappa shape index (κ3) is 3.58. The highest BCUT2D eigenvalue weighted by atomic mass is 79.9. The number of carbonyl (C=O) groups is 1. The Bertz CT molecular complexity index is 739. The molecular weight excluding hydrogens is 379 g/mol. The van der Waals surface area contributed by atoms with Gasteiger partial charge in [-0.1, -0.05) is 29.9 Å². The Labute approximate surface area is 139 Å². The molecule has 2 aromatic rings. The quantitative estimate of drug-likeness (QED) is 0.779. The fraction of sp³-hybridized carbons (Fsp3) is 0. The molecule has 7 heteroatoms. The number of halogens is 3. The first-order chi connectivity index (χ1) is 9.90. The van der Waals surface area contributed by atoms with Crippen LogP contribution in [-0.4, -0.2) is 10.9 Å². The van der Waals surface area contributed by atoms with Crippen LogP contribution in [0.4, 0.5) is 10.1 Å². The molecule has 0 aliphatic heterocycles. The highest BCUT2D eigenvalue weighted by Crippen LogP contribution is 2.25. The van der Waals surface area contributed by atoms with Gasteiger partial charge in [0.2, 0.25) is 0 Å². The van der Waals surface area contributed by atoms with E-state index in [0.717, 1.165) is 0 Å². The van der Waals surface area contributed by atoms with E-state index in [2.05, 4.69) is 21.2 Å². The van der Waals surface area contributed by atoms with Gasteiger partial charge in [0.15, 0.2) is 5.82 Å². The number of benzene rings is 2. The van der Waals surface area contributed by atoms with E-state index >= 15 is 0 Å². The zero-order valence-corrected chi connectivity index (χ0v) is 13.7. The third-order valence-electron chi connectivity index (χ3n) is 2.70. The van der Waals surface area contributed by atoms with Crippen LogP contribution in [0.1, 0.15) is 15.9 Å². The standard InChI is InChI=1S/C14H9BrClFN2OS/c15-9-6-7(13(18)21)4-5-11(9)19-14(20)8-2-1-3-10(16)12(8)17/h1-6H,(H2,18,21)(H,19,20). The van der Waals surface area contributed by atoms with Crippen molar-refractivity contribution in [1.29, 1.82) is 0 Å². The summed E-state index contributed by atoms with van der Waals surface area (Å²) in [5.41, 5.74) is 6.52. The first kappa shape index (κ1) is 15.9. The predicted octanol–water partition coefficient (Wildman–Crippen LogP) is 4.13. The number of thiocarbonyl (C=S) groups is 1. The first-order valence-corrected chi connectivity index (χ1v) is 7.33. The fourth-order valence-corrected chi connectivity index (χ4v) is 2.42.